The van der Waals surface area contributed by atoms with Crippen LogP contribution in [0.1, 0.15) is 0 Å². The summed E-state index contributed by atoms with van der Waals surface area (Å²) in [5.74, 6) is 0. The number of fused-ring (bicyclic) bond motifs is 12. The molecule has 62 heavy (non-hydrogen) atoms. The summed E-state index contributed by atoms with van der Waals surface area (Å²) in [7, 11) is 0. The standard InChI is InChI=1S/C58H34N2O2/c1-3-13-35(14-4-1)39-25-27-43-44-28-26-40(36-15-5-2-6-16-36)32-48(44)57-56(47(43)31-39)59-34-50(60-57)41-19-11-17-37(29-41)38-18-12-20-42(30-38)54-55-46-22-8-10-24-52(46)61-53(55)33-49-45-21-7-9-23-51(45)62-58(49)54/h1-34H. The Morgan fingerprint density at radius 3 is 1.53 bits per heavy atom. The first-order chi connectivity index (χ1) is 30.7. The highest BCUT2D eigenvalue weighted by Gasteiger charge is 2.22. The number of hydrogen-bond donors (Lipinski definition) is 0. The van der Waals surface area contributed by atoms with Gasteiger partial charge in [0.25, 0.3) is 0 Å². The number of para-hydroxylation sites is 2. The van der Waals surface area contributed by atoms with Gasteiger partial charge in [0, 0.05) is 43.4 Å². The molecule has 0 radical (unpaired) electrons. The van der Waals surface area contributed by atoms with E-state index in [0.717, 1.165) is 121 Å². The van der Waals surface area contributed by atoms with Gasteiger partial charge in [-0.25, -0.2) is 4.98 Å². The molecule has 0 N–H and O–H groups in total. The first-order valence-corrected chi connectivity index (χ1v) is 21.0. The highest BCUT2D eigenvalue weighted by atomic mass is 16.3. The summed E-state index contributed by atoms with van der Waals surface area (Å²) in [4.78, 5) is 10.7. The zero-order valence-corrected chi connectivity index (χ0v) is 33.3. The van der Waals surface area contributed by atoms with Crippen molar-refractivity contribution >= 4 is 76.5 Å². The van der Waals surface area contributed by atoms with E-state index in [-0.39, 0.29) is 0 Å². The monoisotopic (exact) mass is 790 g/mol. The van der Waals surface area contributed by atoms with Crippen molar-refractivity contribution in [2.24, 2.45) is 0 Å². The van der Waals surface area contributed by atoms with Crippen molar-refractivity contribution < 1.29 is 8.83 Å². The largest absolute Gasteiger partial charge is 0.456 e. The zero-order valence-electron chi connectivity index (χ0n) is 33.3. The number of aromatic nitrogens is 2. The lowest BCUT2D eigenvalue weighted by Gasteiger charge is -2.14. The van der Waals surface area contributed by atoms with Crippen molar-refractivity contribution in [2.45, 2.75) is 0 Å². The van der Waals surface area contributed by atoms with Crippen molar-refractivity contribution in [2.75, 3.05) is 0 Å². The molecule has 0 aliphatic heterocycles. The molecule has 3 heterocycles. The minimum atomic E-state index is 0.819. The molecule has 0 atom stereocenters. The molecule has 0 unspecified atom stereocenters. The van der Waals surface area contributed by atoms with E-state index in [4.69, 9.17) is 18.8 Å². The molecule has 13 rings (SSSR count). The van der Waals surface area contributed by atoms with Gasteiger partial charge in [-0.3, -0.25) is 4.98 Å². The predicted molar refractivity (Wildman–Crippen MR) is 256 cm³/mol. The fourth-order valence-electron chi connectivity index (χ4n) is 9.53. The van der Waals surface area contributed by atoms with Crippen LogP contribution in [0, 0.1) is 0 Å². The van der Waals surface area contributed by atoms with E-state index in [1.54, 1.807) is 0 Å². The van der Waals surface area contributed by atoms with Crippen molar-refractivity contribution in [3.05, 3.63) is 206 Å². The first-order valence-electron chi connectivity index (χ1n) is 21.0. The minimum absolute atomic E-state index is 0.819. The molecule has 0 aliphatic rings. The number of hydrogen-bond acceptors (Lipinski definition) is 4. The molecule has 288 valence electrons. The quantitative estimate of drug-likeness (QED) is 0.163. The second kappa shape index (κ2) is 13.6. The molecule has 0 saturated heterocycles. The van der Waals surface area contributed by atoms with Gasteiger partial charge < -0.3 is 8.83 Å². The summed E-state index contributed by atoms with van der Waals surface area (Å²) in [6.07, 6.45) is 1.93. The van der Waals surface area contributed by atoms with Gasteiger partial charge in [0.2, 0.25) is 0 Å². The minimum Gasteiger partial charge on any atom is -0.456 e. The van der Waals surface area contributed by atoms with Crippen LogP contribution in [0.15, 0.2) is 215 Å². The maximum atomic E-state index is 6.68. The van der Waals surface area contributed by atoms with Crippen molar-refractivity contribution in [1.29, 1.82) is 0 Å². The molecular formula is C58H34N2O2. The lowest BCUT2D eigenvalue weighted by atomic mass is 9.93. The Balaban J connectivity index is 0.983. The van der Waals surface area contributed by atoms with Crippen LogP contribution in [-0.4, -0.2) is 9.97 Å². The SMILES string of the molecule is c1ccc(-c2ccc3c4ccc(-c5ccccc5)cc4c4nc(-c5cccc(-c6cccc(-c7c8oc9ccccc9c8cc8oc9ccccc9c78)c6)c5)cnc4c3c2)cc1. The average molecular weight is 791 g/mol. The van der Waals surface area contributed by atoms with E-state index in [0.29, 0.717) is 0 Å². The smallest absolute Gasteiger partial charge is 0.144 e. The molecule has 0 aliphatic carbocycles. The number of nitrogens with zero attached hydrogens (tertiary/aromatic N) is 2. The average Bonchev–Trinajstić information content (AvgIpc) is 3.91. The lowest BCUT2D eigenvalue weighted by molar-refractivity contribution is 0.664. The normalized spacial score (nSPS) is 11.9. The van der Waals surface area contributed by atoms with Gasteiger partial charge >= 0.3 is 0 Å². The van der Waals surface area contributed by atoms with E-state index >= 15 is 0 Å². The maximum absolute atomic E-state index is 6.68. The number of furan rings is 2. The van der Waals surface area contributed by atoms with E-state index in [2.05, 4.69) is 176 Å². The van der Waals surface area contributed by atoms with Gasteiger partial charge in [0.05, 0.1) is 22.9 Å². The molecule has 0 fully saturated rings. The molecule has 0 amide bonds. The van der Waals surface area contributed by atoms with Crippen LogP contribution < -0.4 is 0 Å². The van der Waals surface area contributed by atoms with Crippen LogP contribution in [0.4, 0.5) is 0 Å². The predicted octanol–water partition coefficient (Wildman–Crippen LogP) is 16.1. The van der Waals surface area contributed by atoms with E-state index in [1.165, 1.54) is 11.1 Å². The fourth-order valence-corrected chi connectivity index (χ4v) is 9.53. The Morgan fingerprint density at radius 2 is 0.839 bits per heavy atom. The third-order valence-electron chi connectivity index (χ3n) is 12.5. The molecule has 10 aromatic carbocycles. The molecular weight excluding hydrogens is 757 g/mol. The molecule has 0 bridgehead atoms. The van der Waals surface area contributed by atoms with Gasteiger partial charge in [-0.2, -0.15) is 0 Å². The Hall–Kier alpha value is -8.34. The highest BCUT2D eigenvalue weighted by molar-refractivity contribution is 6.25. The van der Waals surface area contributed by atoms with E-state index < -0.39 is 0 Å². The van der Waals surface area contributed by atoms with Crippen LogP contribution in [-0.2, 0) is 0 Å². The molecule has 0 spiro atoms. The maximum Gasteiger partial charge on any atom is 0.144 e. The van der Waals surface area contributed by atoms with Crippen molar-refractivity contribution in [1.82, 2.24) is 9.97 Å². The first kappa shape index (κ1) is 34.5. The molecule has 13 aromatic rings. The van der Waals surface area contributed by atoms with Crippen LogP contribution in [0.25, 0.3) is 132 Å². The van der Waals surface area contributed by atoms with Gasteiger partial charge in [0.1, 0.15) is 22.3 Å². The summed E-state index contributed by atoms with van der Waals surface area (Å²) in [6, 6.07) is 70.6. The zero-order chi connectivity index (χ0) is 40.7. The Morgan fingerprint density at radius 1 is 0.306 bits per heavy atom. The molecule has 3 aromatic heterocycles. The van der Waals surface area contributed by atoms with Gasteiger partial charge in [-0.15, -0.1) is 0 Å². The van der Waals surface area contributed by atoms with Crippen molar-refractivity contribution in [3.63, 3.8) is 0 Å². The summed E-state index contributed by atoms with van der Waals surface area (Å²) in [5, 5.41) is 8.71. The second-order valence-corrected chi connectivity index (χ2v) is 16.1. The van der Waals surface area contributed by atoms with Crippen molar-refractivity contribution in [3.8, 4) is 55.8 Å². The van der Waals surface area contributed by atoms with Crippen LogP contribution in [0.3, 0.4) is 0 Å². The topological polar surface area (TPSA) is 52.1 Å². The fraction of sp³-hybridized carbons (Fsp3) is 0. The number of benzene rings is 10. The Kier molecular flexibility index (Phi) is 7.57. The van der Waals surface area contributed by atoms with Crippen LogP contribution in [0.2, 0.25) is 0 Å². The summed E-state index contributed by atoms with van der Waals surface area (Å²) < 4.78 is 13.2. The highest BCUT2D eigenvalue weighted by Crippen LogP contribution is 2.46. The van der Waals surface area contributed by atoms with E-state index in [9.17, 15) is 0 Å². The molecule has 4 nitrogen and oxygen atoms in total. The van der Waals surface area contributed by atoms with Crippen LogP contribution in [0.5, 0.6) is 0 Å². The van der Waals surface area contributed by atoms with Gasteiger partial charge in [0.15, 0.2) is 0 Å². The summed E-state index contributed by atoms with van der Waals surface area (Å²) in [6.45, 7) is 0. The summed E-state index contributed by atoms with van der Waals surface area (Å²) in [5.41, 5.74) is 15.9. The molecule has 4 heteroatoms. The third-order valence-corrected chi connectivity index (χ3v) is 12.5. The summed E-state index contributed by atoms with van der Waals surface area (Å²) >= 11 is 0. The second-order valence-electron chi connectivity index (χ2n) is 16.1. The van der Waals surface area contributed by atoms with E-state index in [1.807, 2.05) is 30.5 Å². The Labute approximate surface area is 356 Å². The number of rotatable bonds is 5. The van der Waals surface area contributed by atoms with Gasteiger partial charge in [-0.05, 0) is 92.2 Å². The van der Waals surface area contributed by atoms with Gasteiger partial charge in [-0.1, -0.05) is 158 Å². The molecule has 0 saturated carbocycles. The Bertz CT molecular complexity index is 3910. The lowest BCUT2D eigenvalue weighted by Crippen LogP contribution is -1.93. The van der Waals surface area contributed by atoms with Crippen LogP contribution >= 0.6 is 0 Å². The third kappa shape index (κ3) is 5.40.